The van der Waals surface area contributed by atoms with Crippen molar-refractivity contribution in [1.82, 2.24) is 0 Å². The molecule has 0 N–H and O–H groups in total. The third-order valence-electron chi connectivity index (χ3n) is 1.92. The summed E-state index contributed by atoms with van der Waals surface area (Å²) in [5.74, 6) is -0.373. The quantitative estimate of drug-likeness (QED) is 0.361. The summed E-state index contributed by atoms with van der Waals surface area (Å²) in [6.07, 6.45) is 0.735. The Morgan fingerprint density at radius 1 is 1.57 bits per heavy atom. The van der Waals surface area contributed by atoms with Gasteiger partial charge in [-0.05, 0) is 11.6 Å². The Morgan fingerprint density at radius 2 is 2.21 bits per heavy atom. The largest absolute Gasteiger partial charge is 0.303 e. The molecule has 0 amide bonds. The van der Waals surface area contributed by atoms with Crippen LogP contribution < -0.4 is 0 Å². The van der Waals surface area contributed by atoms with E-state index in [9.17, 15) is 14.9 Å². The van der Waals surface area contributed by atoms with Gasteiger partial charge in [-0.25, -0.2) is 0 Å². The lowest BCUT2D eigenvalue weighted by atomic mass is 10.0. The number of aldehydes is 1. The number of nitrogens with zero attached hydrogens (tertiary/aromatic N) is 1. The third kappa shape index (κ3) is 2.11. The number of hydrogen-bond acceptors (Lipinski definition) is 4. The summed E-state index contributed by atoms with van der Waals surface area (Å²) >= 11 is 4.13. The van der Waals surface area contributed by atoms with Gasteiger partial charge in [0.1, 0.15) is 6.29 Å². The van der Waals surface area contributed by atoms with Crippen molar-refractivity contribution in [2.75, 3.05) is 0 Å². The lowest BCUT2D eigenvalue weighted by Gasteiger charge is -2.06. The van der Waals surface area contributed by atoms with Crippen LogP contribution in [0.4, 0.5) is 5.69 Å². The highest BCUT2D eigenvalue weighted by Crippen LogP contribution is 2.26. The molecule has 0 spiro atoms. The molecule has 0 saturated heterocycles. The Labute approximate surface area is 86.5 Å². The first kappa shape index (κ1) is 10.7. The van der Waals surface area contributed by atoms with Crippen molar-refractivity contribution in [1.29, 1.82) is 0 Å². The van der Waals surface area contributed by atoms with Gasteiger partial charge < -0.3 is 4.79 Å². The molecule has 5 heteroatoms. The van der Waals surface area contributed by atoms with E-state index in [0.717, 1.165) is 6.29 Å². The van der Waals surface area contributed by atoms with Crippen LogP contribution in [0, 0.1) is 10.1 Å². The average Bonchev–Trinajstić information content (AvgIpc) is 2.17. The van der Waals surface area contributed by atoms with E-state index < -0.39 is 4.92 Å². The molecule has 0 aromatic heterocycles. The number of carbonyl (C=O) groups excluding carboxylic acids is 1. The Bertz CT molecular complexity index is 378. The molecule has 4 nitrogen and oxygen atoms in total. The second kappa shape index (κ2) is 4.23. The molecule has 0 aliphatic carbocycles. The Morgan fingerprint density at radius 3 is 2.71 bits per heavy atom. The maximum atomic E-state index is 10.5. The third-order valence-corrected chi connectivity index (χ3v) is 2.32. The van der Waals surface area contributed by atoms with Gasteiger partial charge >= 0.3 is 0 Å². The lowest BCUT2D eigenvalue weighted by molar-refractivity contribution is -0.385. The first-order chi connectivity index (χ1) is 6.56. The number of carbonyl (C=O) groups is 1. The molecule has 1 aromatic rings. The van der Waals surface area contributed by atoms with Gasteiger partial charge in [-0.3, -0.25) is 10.1 Å². The summed E-state index contributed by atoms with van der Waals surface area (Å²) in [5, 5.41) is 10.5. The van der Waals surface area contributed by atoms with Crippen LogP contribution in [0.3, 0.4) is 0 Å². The molecule has 0 fully saturated rings. The number of nitro groups is 1. The van der Waals surface area contributed by atoms with Gasteiger partial charge in [-0.1, -0.05) is 6.92 Å². The van der Waals surface area contributed by atoms with Gasteiger partial charge in [0.05, 0.1) is 4.92 Å². The van der Waals surface area contributed by atoms with Crippen molar-refractivity contribution in [2.45, 2.75) is 17.7 Å². The highest BCUT2D eigenvalue weighted by atomic mass is 32.1. The predicted molar refractivity (Wildman–Crippen MR) is 54.8 cm³/mol. The second-order valence-corrected chi connectivity index (χ2v) is 3.41. The molecule has 74 valence electrons. The number of benzene rings is 1. The number of non-ortho nitro benzene ring substituents is 1. The fourth-order valence-corrected chi connectivity index (χ4v) is 1.44. The molecule has 0 aliphatic rings. The summed E-state index contributed by atoms with van der Waals surface area (Å²) in [6.45, 7) is 1.67. The van der Waals surface area contributed by atoms with Crippen molar-refractivity contribution in [3.05, 3.63) is 33.9 Å². The van der Waals surface area contributed by atoms with E-state index in [1.807, 2.05) is 0 Å². The predicted octanol–water partition coefficient (Wildman–Crippen LogP) is 2.19. The molecular formula is C9H9NO3S. The zero-order chi connectivity index (χ0) is 10.7. The molecule has 1 rings (SSSR count). The molecule has 1 atom stereocenters. The summed E-state index contributed by atoms with van der Waals surface area (Å²) in [4.78, 5) is 21.1. The molecule has 1 aromatic carbocycles. The lowest BCUT2D eigenvalue weighted by Crippen LogP contribution is -1.98. The molecule has 0 heterocycles. The Kier molecular flexibility index (Phi) is 3.24. The maximum Gasteiger partial charge on any atom is 0.269 e. The fraction of sp³-hybridized carbons (Fsp3) is 0.222. The Balaban J connectivity index is 3.20. The van der Waals surface area contributed by atoms with Crippen LogP contribution in [0.1, 0.15) is 18.4 Å². The topological polar surface area (TPSA) is 60.2 Å². The highest BCUT2D eigenvalue weighted by molar-refractivity contribution is 7.80. The van der Waals surface area contributed by atoms with Crippen LogP contribution in [0.15, 0.2) is 23.1 Å². The molecule has 0 radical (unpaired) electrons. The molecule has 14 heavy (non-hydrogen) atoms. The number of rotatable bonds is 3. The van der Waals surface area contributed by atoms with Crippen LogP contribution in [-0.4, -0.2) is 11.2 Å². The SMILES string of the molecule is CC(C=O)c1cc([N+](=O)[O-])ccc1S. The first-order valence-electron chi connectivity index (χ1n) is 3.99. The minimum atomic E-state index is -0.492. The zero-order valence-electron chi connectivity index (χ0n) is 7.51. The summed E-state index contributed by atoms with van der Waals surface area (Å²) < 4.78 is 0. The maximum absolute atomic E-state index is 10.5. The minimum absolute atomic E-state index is 0.0218. The first-order valence-corrected chi connectivity index (χ1v) is 4.43. The smallest absolute Gasteiger partial charge is 0.269 e. The molecule has 0 saturated carbocycles. The standard InChI is InChI=1S/C9H9NO3S/c1-6(5-11)8-4-7(10(12)13)2-3-9(8)14/h2-6,14H,1H3. The van der Waals surface area contributed by atoms with E-state index in [0.29, 0.717) is 10.5 Å². The van der Waals surface area contributed by atoms with Crippen molar-refractivity contribution in [2.24, 2.45) is 0 Å². The van der Waals surface area contributed by atoms with E-state index in [2.05, 4.69) is 12.6 Å². The number of nitro benzene ring substituents is 1. The molecular weight excluding hydrogens is 202 g/mol. The van der Waals surface area contributed by atoms with Gasteiger partial charge in [0.2, 0.25) is 0 Å². The van der Waals surface area contributed by atoms with Gasteiger partial charge in [0.25, 0.3) is 5.69 Å². The van der Waals surface area contributed by atoms with Crippen LogP contribution in [-0.2, 0) is 4.79 Å². The van der Waals surface area contributed by atoms with E-state index in [4.69, 9.17) is 0 Å². The average molecular weight is 211 g/mol. The van der Waals surface area contributed by atoms with Crippen molar-refractivity contribution in [3.8, 4) is 0 Å². The molecule has 0 aliphatic heterocycles. The Hall–Kier alpha value is -1.36. The number of hydrogen-bond donors (Lipinski definition) is 1. The minimum Gasteiger partial charge on any atom is -0.303 e. The van der Waals surface area contributed by atoms with Crippen molar-refractivity contribution in [3.63, 3.8) is 0 Å². The van der Waals surface area contributed by atoms with Gasteiger partial charge in [-0.15, -0.1) is 12.6 Å². The zero-order valence-corrected chi connectivity index (χ0v) is 8.40. The van der Waals surface area contributed by atoms with E-state index in [-0.39, 0.29) is 11.6 Å². The van der Waals surface area contributed by atoms with E-state index in [1.54, 1.807) is 6.92 Å². The molecule has 1 unspecified atom stereocenters. The normalized spacial score (nSPS) is 12.1. The highest BCUT2D eigenvalue weighted by Gasteiger charge is 2.13. The summed E-state index contributed by atoms with van der Waals surface area (Å²) in [6, 6.07) is 4.27. The van der Waals surface area contributed by atoms with Gasteiger partial charge in [0.15, 0.2) is 0 Å². The van der Waals surface area contributed by atoms with Crippen LogP contribution in [0.5, 0.6) is 0 Å². The van der Waals surface area contributed by atoms with Crippen LogP contribution in [0.2, 0.25) is 0 Å². The van der Waals surface area contributed by atoms with Crippen molar-refractivity contribution < 1.29 is 9.72 Å². The van der Waals surface area contributed by atoms with Gasteiger partial charge in [0, 0.05) is 22.9 Å². The van der Waals surface area contributed by atoms with Gasteiger partial charge in [-0.2, -0.15) is 0 Å². The number of thiol groups is 1. The summed E-state index contributed by atoms with van der Waals surface area (Å²) in [7, 11) is 0. The van der Waals surface area contributed by atoms with Crippen LogP contribution >= 0.6 is 12.6 Å². The molecule has 0 bridgehead atoms. The summed E-state index contributed by atoms with van der Waals surface area (Å²) in [5.41, 5.74) is 0.559. The van der Waals surface area contributed by atoms with Crippen LogP contribution in [0.25, 0.3) is 0 Å². The second-order valence-electron chi connectivity index (χ2n) is 2.92. The monoisotopic (exact) mass is 211 g/mol. The van der Waals surface area contributed by atoms with E-state index >= 15 is 0 Å². The fourth-order valence-electron chi connectivity index (χ4n) is 1.09. The van der Waals surface area contributed by atoms with E-state index in [1.165, 1.54) is 18.2 Å². The van der Waals surface area contributed by atoms with Crippen molar-refractivity contribution >= 4 is 24.6 Å².